The number of carbonyl (C=O) groups excluding carboxylic acids is 1. The smallest absolute Gasteiger partial charge is 0.302 e. The molecular weight excluding hydrogens is 248 g/mol. The number of phenolic OH excluding ortho intramolecular Hbond substituents is 1. The summed E-state index contributed by atoms with van der Waals surface area (Å²) in [5, 5.41) is 19.7. The van der Waals surface area contributed by atoms with Crippen molar-refractivity contribution in [1.29, 1.82) is 0 Å². The molecule has 0 aliphatic carbocycles. The van der Waals surface area contributed by atoms with Crippen LogP contribution < -0.4 is 0 Å². The number of aliphatic hydroxyl groups excluding tert-OH is 1. The van der Waals surface area contributed by atoms with E-state index in [-0.39, 0.29) is 11.9 Å². The summed E-state index contributed by atoms with van der Waals surface area (Å²) in [5.74, 6) is -0.209. The number of hydrogen-bond acceptors (Lipinski definition) is 5. The molecule has 0 aromatic heterocycles. The number of hydrogen-bond donors (Lipinski definition) is 2. The summed E-state index contributed by atoms with van der Waals surface area (Å²) in [6.45, 7) is 3.29. The van der Waals surface area contributed by atoms with Gasteiger partial charge in [-0.2, -0.15) is 0 Å². The van der Waals surface area contributed by atoms with Crippen LogP contribution in [0, 0.1) is 0 Å². The van der Waals surface area contributed by atoms with Crippen molar-refractivity contribution in [3.05, 3.63) is 29.3 Å². The van der Waals surface area contributed by atoms with Gasteiger partial charge in [-0.05, 0) is 18.6 Å². The molecule has 0 spiro atoms. The van der Waals surface area contributed by atoms with E-state index in [4.69, 9.17) is 9.47 Å². The van der Waals surface area contributed by atoms with Crippen LogP contribution in [0.5, 0.6) is 5.75 Å². The monoisotopic (exact) mass is 266 g/mol. The molecule has 2 N–H and O–H groups in total. The number of esters is 1. The molecule has 104 valence electrons. The predicted octanol–water partition coefficient (Wildman–Crippen LogP) is 1.67. The second kappa shape index (κ2) is 5.59. The summed E-state index contributed by atoms with van der Waals surface area (Å²) in [5.41, 5.74) is 1.65. The normalized spacial score (nSPS) is 20.7. The molecule has 0 bridgehead atoms. The summed E-state index contributed by atoms with van der Waals surface area (Å²) in [6.07, 6.45) is -1.34. The molecule has 0 saturated heterocycles. The van der Waals surface area contributed by atoms with Gasteiger partial charge in [-0.3, -0.25) is 4.79 Å². The molecule has 1 aliphatic heterocycles. The van der Waals surface area contributed by atoms with Crippen LogP contribution in [0.25, 0.3) is 0 Å². The molecule has 19 heavy (non-hydrogen) atoms. The average molecular weight is 266 g/mol. The van der Waals surface area contributed by atoms with Crippen LogP contribution in [-0.4, -0.2) is 28.4 Å². The Kier molecular flexibility index (Phi) is 4.07. The first-order valence-corrected chi connectivity index (χ1v) is 6.26. The minimum atomic E-state index is -0.804. The number of carbonyl (C=O) groups is 1. The van der Waals surface area contributed by atoms with Gasteiger partial charge in [-0.1, -0.05) is 12.1 Å². The molecule has 0 fully saturated rings. The second-order valence-electron chi connectivity index (χ2n) is 4.76. The van der Waals surface area contributed by atoms with E-state index in [1.54, 1.807) is 19.1 Å². The third-order valence-electron chi connectivity index (χ3n) is 3.31. The summed E-state index contributed by atoms with van der Waals surface area (Å²) in [6, 6.07) is 5.23. The van der Waals surface area contributed by atoms with Crippen molar-refractivity contribution >= 4 is 5.97 Å². The first kappa shape index (κ1) is 13.8. The van der Waals surface area contributed by atoms with Crippen molar-refractivity contribution in [2.24, 2.45) is 0 Å². The number of rotatable bonds is 4. The number of aromatic hydroxyl groups is 1. The highest BCUT2D eigenvalue weighted by Gasteiger charge is 2.29. The first-order valence-electron chi connectivity index (χ1n) is 6.26. The van der Waals surface area contributed by atoms with Gasteiger partial charge in [0.2, 0.25) is 0 Å². The largest absolute Gasteiger partial charge is 0.508 e. The van der Waals surface area contributed by atoms with Gasteiger partial charge in [-0.15, -0.1) is 0 Å². The minimum absolute atomic E-state index is 0.211. The fraction of sp³-hybridized carbons (Fsp3) is 0.500. The minimum Gasteiger partial charge on any atom is -0.508 e. The van der Waals surface area contributed by atoms with Gasteiger partial charge in [0.05, 0.1) is 18.8 Å². The van der Waals surface area contributed by atoms with Crippen molar-refractivity contribution in [3.8, 4) is 5.75 Å². The number of aliphatic hydroxyl groups is 1. The van der Waals surface area contributed by atoms with Crippen molar-refractivity contribution < 1.29 is 24.5 Å². The Bertz CT molecular complexity index is 471. The van der Waals surface area contributed by atoms with Gasteiger partial charge in [0.1, 0.15) is 11.9 Å². The molecule has 5 heteroatoms. The van der Waals surface area contributed by atoms with Crippen LogP contribution in [0.1, 0.15) is 37.5 Å². The zero-order valence-electron chi connectivity index (χ0n) is 11.0. The molecular formula is C14H18O5. The third-order valence-corrected chi connectivity index (χ3v) is 3.31. The molecule has 1 heterocycles. The SMILES string of the molecule is CC(=O)O[C@@H](C)C(O)C[C@H]1OCc2c(O)cccc21. The zero-order valence-corrected chi connectivity index (χ0v) is 11.0. The maximum atomic E-state index is 10.8. The Hall–Kier alpha value is -1.59. The fourth-order valence-electron chi connectivity index (χ4n) is 2.27. The molecule has 2 rings (SSSR count). The number of ether oxygens (including phenoxy) is 2. The lowest BCUT2D eigenvalue weighted by Crippen LogP contribution is -2.29. The summed E-state index contributed by atoms with van der Waals surface area (Å²) in [7, 11) is 0. The third kappa shape index (κ3) is 3.05. The van der Waals surface area contributed by atoms with E-state index >= 15 is 0 Å². The molecule has 1 aliphatic rings. The van der Waals surface area contributed by atoms with Crippen LogP contribution in [-0.2, 0) is 20.9 Å². The number of benzene rings is 1. The Morgan fingerprint density at radius 1 is 1.58 bits per heavy atom. The lowest BCUT2D eigenvalue weighted by Gasteiger charge is -2.21. The highest BCUT2D eigenvalue weighted by atomic mass is 16.6. The Morgan fingerprint density at radius 3 is 3.00 bits per heavy atom. The number of fused-ring (bicyclic) bond motifs is 1. The lowest BCUT2D eigenvalue weighted by molar-refractivity contribution is -0.152. The van der Waals surface area contributed by atoms with Crippen LogP contribution in [0.2, 0.25) is 0 Å². The highest BCUT2D eigenvalue weighted by molar-refractivity contribution is 5.66. The van der Waals surface area contributed by atoms with Gasteiger partial charge < -0.3 is 19.7 Å². The fourth-order valence-corrected chi connectivity index (χ4v) is 2.27. The maximum absolute atomic E-state index is 10.8. The maximum Gasteiger partial charge on any atom is 0.302 e. The van der Waals surface area contributed by atoms with Crippen molar-refractivity contribution in [2.75, 3.05) is 0 Å². The van der Waals surface area contributed by atoms with E-state index in [9.17, 15) is 15.0 Å². The van der Waals surface area contributed by atoms with E-state index in [1.807, 2.05) is 6.07 Å². The van der Waals surface area contributed by atoms with E-state index in [1.165, 1.54) is 6.92 Å². The van der Waals surface area contributed by atoms with E-state index < -0.39 is 18.2 Å². The van der Waals surface area contributed by atoms with Crippen LogP contribution in [0.3, 0.4) is 0 Å². The van der Waals surface area contributed by atoms with Gasteiger partial charge in [0.15, 0.2) is 0 Å². The van der Waals surface area contributed by atoms with Gasteiger partial charge >= 0.3 is 5.97 Å². The Labute approximate surface area is 111 Å². The van der Waals surface area contributed by atoms with Gasteiger partial charge in [0.25, 0.3) is 0 Å². The predicted molar refractivity (Wildman–Crippen MR) is 67.5 cm³/mol. The second-order valence-corrected chi connectivity index (χ2v) is 4.76. The average Bonchev–Trinajstić information content (AvgIpc) is 2.73. The molecule has 1 aromatic carbocycles. The summed E-state index contributed by atoms with van der Waals surface area (Å²) >= 11 is 0. The standard InChI is InChI=1S/C14H18O5/c1-8(19-9(2)15)13(17)6-14-10-4-3-5-12(16)11(10)7-18-14/h3-5,8,13-14,16-17H,6-7H2,1-2H3/t8-,13?,14+/m0/s1. The molecule has 0 amide bonds. The molecule has 1 aromatic rings. The van der Waals surface area contributed by atoms with Crippen molar-refractivity contribution in [2.45, 2.75) is 45.2 Å². The quantitative estimate of drug-likeness (QED) is 0.811. The summed E-state index contributed by atoms with van der Waals surface area (Å²) in [4.78, 5) is 10.8. The lowest BCUT2D eigenvalue weighted by atomic mass is 9.99. The highest BCUT2D eigenvalue weighted by Crippen LogP contribution is 2.38. The van der Waals surface area contributed by atoms with Crippen molar-refractivity contribution in [3.63, 3.8) is 0 Å². The Morgan fingerprint density at radius 2 is 2.32 bits per heavy atom. The first-order chi connectivity index (χ1) is 8.99. The van der Waals surface area contributed by atoms with Crippen LogP contribution >= 0.6 is 0 Å². The molecule has 0 radical (unpaired) electrons. The van der Waals surface area contributed by atoms with Crippen LogP contribution in [0.15, 0.2) is 18.2 Å². The van der Waals surface area contributed by atoms with Gasteiger partial charge in [0, 0.05) is 18.9 Å². The molecule has 0 saturated carbocycles. The van der Waals surface area contributed by atoms with E-state index in [0.717, 1.165) is 11.1 Å². The number of phenols is 1. The van der Waals surface area contributed by atoms with E-state index in [2.05, 4.69) is 0 Å². The topological polar surface area (TPSA) is 76.0 Å². The van der Waals surface area contributed by atoms with E-state index in [0.29, 0.717) is 13.0 Å². The molecule has 5 nitrogen and oxygen atoms in total. The molecule has 1 unspecified atom stereocenters. The molecule has 3 atom stereocenters. The van der Waals surface area contributed by atoms with Crippen LogP contribution in [0.4, 0.5) is 0 Å². The summed E-state index contributed by atoms with van der Waals surface area (Å²) < 4.78 is 10.5. The zero-order chi connectivity index (χ0) is 14.0. The Balaban J connectivity index is 2.03. The van der Waals surface area contributed by atoms with Gasteiger partial charge in [-0.25, -0.2) is 0 Å². The van der Waals surface area contributed by atoms with Crippen molar-refractivity contribution in [1.82, 2.24) is 0 Å².